The van der Waals surface area contributed by atoms with Gasteiger partial charge in [0.25, 0.3) is 0 Å². The highest BCUT2D eigenvalue weighted by atomic mass is 79.9. The van der Waals surface area contributed by atoms with E-state index in [4.69, 9.17) is 14.2 Å². The Morgan fingerprint density at radius 2 is 2.21 bits per heavy atom. The number of hydrogen-bond donors (Lipinski definition) is 2. The van der Waals surface area contributed by atoms with Gasteiger partial charge in [-0.2, -0.15) is 0 Å². The summed E-state index contributed by atoms with van der Waals surface area (Å²) in [6.45, 7) is 7.50. The molecule has 0 aliphatic carbocycles. The van der Waals surface area contributed by atoms with Gasteiger partial charge in [0, 0.05) is 10.0 Å². The fraction of sp³-hybridized carbons (Fsp3) is 0.588. The highest BCUT2D eigenvalue weighted by Crippen LogP contribution is 2.35. The lowest BCUT2D eigenvalue weighted by molar-refractivity contribution is -0.0486. The third-order valence-electron chi connectivity index (χ3n) is 3.31. The van der Waals surface area contributed by atoms with Crippen molar-refractivity contribution < 1.29 is 24.1 Å². The van der Waals surface area contributed by atoms with Crippen molar-refractivity contribution in [1.82, 2.24) is 5.32 Å². The van der Waals surface area contributed by atoms with E-state index in [1.807, 2.05) is 39.0 Å². The first kappa shape index (κ1) is 19.0. The Kier molecular flexibility index (Phi) is 6.11. The van der Waals surface area contributed by atoms with Crippen molar-refractivity contribution in [2.75, 3.05) is 13.2 Å². The molecule has 0 saturated heterocycles. The SMILES string of the molecule is C[C@H](O)CO[C@H]1COc2cc(Br)ccc2[C@H]1NC(=O)OC(C)(C)C. The van der Waals surface area contributed by atoms with Gasteiger partial charge >= 0.3 is 6.09 Å². The van der Waals surface area contributed by atoms with Crippen molar-refractivity contribution >= 4 is 22.0 Å². The molecule has 3 atom stereocenters. The van der Waals surface area contributed by atoms with E-state index in [-0.39, 0.29) is 13.2 Å². The van der Waals surface area contributed by atoms with Crippen LogP contribution in [0.25, 0.3) is 0 Å². The summed E-state index contributed by atoms with van der Waals surface area (Å²) < 4.78 is 17.7. The smallest absolute Gasteiger partial charge is 0.408 e. The zero-order valence-electron chi connectivity index (χ0n) is 14.3. The van der Waals surface area contributed by atoms with Crippen molar-refractivity contribution in [3.8, 4) is 5.75 Å². The van der Waals surface area contributed by atoms with Gasteiger partial charge in [-0.15, -0.1) is 0 Å². The van der Waals surface area contributed by atoms with Crippen LogP contribution in [0.1, 0.15) is 39.3 Å². The van der Waals surface area contributed by atoms with E-state index < -0.39 is 29.9 Å². The lowest BCUT2D eigenvalue weighted by Gasteiger charge is -2.34. The van der Waals surface area contributed by atoms with Gasteiger partial charge in [-0.25, -0.2) is 4.79 Å². The molecule has 6 nitrogen and oxygen atoms in total. The molecule has 0 aromatic heterocycles. The number of fused-ring (bicyclic) bond motifs is 1. The number of aliphatic hydroxyl groups excluding tert-OH is 1. The first-order valence-corrected chi connectivity index (χ1v) is 8.66. The fourth-order valence-electron chi connectivity index (χ4n) is 2.37. The largest absolute Gasteiger partial charge is 0.490 e. The van der Waals surface area contributed by atoms with E-state index in [1.165, 1.54) is 0 Å². The van der Waals surface area contributed by atoms with E-state index in [2.05, 4.69) is 21.2 Å². The molecule has 1 aliphatic rings. The lowest BCUT2D eigenvalue weighted by Crippen LogP contribution is -2.45. The van der Waals surface area contributed by atoms with Crippen LogP contribution in [0.2, 0.25) is 0 Å². The van der Waals surface area contributed by atoms with Gasteiger partial charge in [0.15, 0.2) is 0 Å². The van der Waals surface area contributed by atoms with E-state index >= 15 is 0 Å². The summed E-state index contributed by atoms with van der Waals surface area (Å²) in [5.74, 6) is 0.683. The molecule has 24 heavy (non-hydrogen) atoms. The molecule has 2 rings (SSSR count). The normalized spacial score (nSPS) is 21.4. The number of aliphatic hydroxyl groups is 1. The first-order chi connectivity index (χ1) is 11.2. The van der Waals surface area contributed by atoms with Crippen molar-refractivity contribution in [2.45, 2.75) is 51.5 Å². The average Bonchev–Trinajstić information content (AvgIpc) is 2.43. The van der Waals surface area contributed by atoms with E-state index in [1.54, 1.807) is 6.92 Å². The molecule has 1 aromatic rings. The van der Waals surface area contributed by atoms with Gasteiger partial charge in [0.05, 0.1) is 18.8 Å². The van der Waals surface area contributed by atoms with Crippen LogP contribution in [-0.4, -0.2) is 42.2 Å². The van der Waals surface area contributed by atoms with E-state index in [0.717, 1.165) is 10.0 Å². The molecule has 0 spiro atoms. The van der Waals surface area contributed by atoms with Crippen LogP contribution in [0.5, 0.6) is 5.75 Å². The molecule has 1 aliphatic heterocycles. The standard InChI is InChI=1S/C17H24BrNO5/c1-10(20)8-22-14-9-23-13-7-11(18)5-6-12(13)15(14)19-16(21)24-17(2,3)4/h5-7,10,14-15,20H,8-9H2,1-4H3,(H,19,21)/t10-,14-,15+/m0/s1. The second-order valence-corrected chi connectivity index (χ2v) is 7.75. The average molecular weight is 402 g/mol. The van der Waals surface area contributed by atoms with Crippen LogP contribution < -0.4 is 10.1 Å². The summed E-state index contributed by atoms with van der Waals surface area (Å²) in [6, 6.07) is 5.18. The van der Waals surface area contributed by atoms with Crippen LogP contribution >= 0.6 is 15.9 Å². The molecule has 0 radical (unpaired) electrons. The Hall–Kier alpha value is -1.31. The van der Waals surface area contributed by atoms with Crippen LogP contribution in [-0.2, 0) is 9.47 Å². The van der Waals surface area contributed by atoms with Crippen LogP contribution in [0, 0.1) is 0 Å². The zero-order valence-corrected chi connectivity index (χ0v) is 15.9. The van der Waals surface area contributed by atoms with Crippen LogP contribution in [0.4, 0.5) is 4.79 Å². The zero-order chi connectivity index (χ0) is 17.9. The number of halogens is 1. The number of nitrogens with one attached hydrogen (secondary N) is 1. The Balaban J connectivity index is 2.20. The number of rotatable bonds is 4. The fourth-order valence-corrected chi connectivity index (χ4v) is 2.71. The maximum Gasteiger partial charge on any atom is 0.408 e. The maximum absolute atomic E-state index is 12.2. The van der Waals surface area contributed by atoms with E-state index in [9.17, 15) is 9.90 Å². The molecule has 0 fully saturated rings. The second-order valence-electron chi connectivity index (χ2n) is 6.84. The Labute approximate surface area is 150 Å². The molecule has 0 bridgehead atoms. The number of carbonyl (C=O) groups is 1. The topological polar surface area (TPSA) is 77.0 Å². The second kappa shape index (κ2) is 7.72. The maximum atomic E-state index is 12.2. The van der Waals surface area contributed by atoms with Gasteiger partial charge < -0.3 is 24.6 Å². The molecule has 0 unspecified atom stereocenters. The molecule has 2 N–H and O–H groups in total. The predicted molar refractivity (Wildman–Crippen MR) is 93.2 cm³/mol. The molecular weight excluding hydrogens is 378 g/mol. The molecule has 134 valence electrons. The highest BCUT2D eigenvalue weighted by molar-refractivity contribution is 9.10. The minimum Gasteiger partial charge on any atom is -0.490 e. The minimum absolute atomic E-state index is 0.159. The van der Waals surface area contributed by atoms with Crippen molar-refractivity contribution in [2.24, 2.45) is 0 Å². The first-order valence-electron chi connectivity index (χ1n) is 7.87. The third kappa shape index (κ3) is 5.36. The summed E-state index contributed by atoms with van der Waals surface area (Å²) in [6.07, 6.45) is -1.53. The summed E-state index contributed by atoms with van der Waals surface area (Å²) in [5.41, 5.74) is 0.221. The van der Waals surface area contributed by atoms with Crippen molar-refractivity contribution in [1.29, 1.82) is 0 Å². The molecule has 1 amide bonds. The summed E-state index contributed by atoms with van der Waals surface area (Å²) in [7, 11) is 0. The van der Waals surface area contributed by atoms with Crippen molar-refractivity contribution in [3.63, 3.8) is 0 Å². The number of hydrogen-bond acceptors (Lipinski definition) is 5. The monoisotopic (exact) mass is 401 g/mol. The molecular formula is C17H24BrNO5. The minimum atomic E-state index is -0.599. The number of amides is 1. The number of ether oxygens (including phenoxy) is 3. The number of carbonyl (C=O) groups excluding carboxylic acids is 1. The van der Waals surface area contributed by atoms with Crippen LogP contribution in [0.15, 0.2) is 22.7 Å². The van der Waals surface area contributed by atoms with Gasteiger partial charge in [0.1, 0.15) is 24.1 Å². The highest BCUT2D eigenvalue weighted by Gasteiger charge is 2.34. The van der Waals surface area contributed by atoms with Gasteiger partial charge in [-0.3, -0.25) is 0 Å². The predicted octanol–water partition coefficient (Wildman–Crippen LogP) is 3.17. The summed E-state index contributed by atoms with van der Waals surface area (Å²) in [5, 5.41) is 12.3. The molecule has 1 aromatic carbocycles. The Morgan fingerprint density at radius 3 is 2.83 bits per heavy atom. The summed E-state index contributed by atoms with van der Waals surface area (Å²) >= 11 is 3.41. The number of alkyl carbamates (subject to hydrolysis) is 1. The third-order valence-corrected chi connectivity index (χ3v) is 3.80. The lowest BCUT2D eigenvalue weighted by atomic mass is 9.98. The quantitative estimate of drug-likeness (QED) is 0.809. The van der Waals surface area contributed by atoms with Crippen molar-refractivity contribution in [3.05, 3.63) is 28.2 Å². The van der Waals surface area contributed by atoms with Gasteiger partial charge in [-0.1, -0.05) is 22.0 Å². The van der Waals surface area contributed by atoms with Gasteiger partial charge in [0.2, 0.25) is 0 Å². The molecule has 1 heterocycles. The number of benzene rings is 1. The summed E-state index contributed by atoms with van der Waals surface area (Å²) in [4.78, 5) is 12.2. The Morgan fingerprint density at radius 1 is 1.50 bits per heavy atom. The molecule has 7 heteroatoms. The van der Waals surface area contributed by atoms with Crippen LogP contribution in [0.3, 0.4) is 0 Å². The van der Waals surface area contributed by atoms with Gasteiger partial charge in [-0.05, 0) is 39.8 Å². The Bertz CT molecular complexity index is 585. The molecule has 0 saturated carbocycles. The van der Waals surface area contributed by atoms with E-state index in [0.29, 0.717) is 5.75 Å².